The van der Waals surface area contributed by atoms with Crippen LogP contribution < -0.4 is 10.6 Å². The van der Waals surface area contributed by atoms with Crippen LogP contribution in [-0.2, 0) is 11.3 Å². The quantitative estimate of drug-likeness (QED) is 0.596. The molecule has 0 radical (unpaired) electrons. The topological polar surface area (TPSA) is 41.1 Å². The number of halogens is 1. The van der Waals surface area contributed by atoms with Gasteiger partial charge in [0.1, 0.15) is 0 Å². The zero-order chi connectivity index (χ0) is 13.4. The van der Waals surface area contributed by atoms with Gasteiger partial charge in [-0.3, -0.25) is 4.79 Å². The van der Waals surface area contributed by atoms with E-state index in [-0.39, 0.29) is 5.91 Å². The first-order chi connectivity index (χ1) is 8.67. The highest BCUT2D eigenvalue weighted by molar-refractivity contribution is 9.10. The van der Waals surface area contributed by atoms with Gasteiger partial charge in [-0.1, -0.05) is 13.0 Å². The monoisotopic (exact) mass is 330 g/mol. The lowest BCUT2D eigenvalue weighted by Gasteiger charge is -2.08. The van der Waals surface area contributed by atoms with Gasteiger partial charge >= 0.3 is 0 Å². The first kappa shape index (κ1) is 15.5. The molecule has 0 fully saturated rings. The zero-order valence-corrected chi connectivity index (χ0v) is 13.2. The first-order valence-electron chi connectivity index (χ1n) is 6.00. The zero-order valence-electron chi connectivity index (χ0n) is 10.8. The van der Waals surface area contributed by atoms with E-state index in [0.29, 0.717) is 5.75 Å². The van der Waals surface area contributed by atoms with E-state index in [1.165, 1.54) is 17.3 Å². The number of benzene rings is 1. The van der Waals surface area contributed by atoms with Crippen molar-refractivity contribution in [1.82, 2.24) is 10.6 Å². The maximum atomic E-state index is 11.2. The Labute approximate surface area is 121 Å². The molecule has 1 rings (SSSR count). The molecule has 1 aromatic carbocycles. The molecule has 0 aliphatic carbocycles. The second-order valence-electron chi connectivity index (χ2n) is 3.90. The molecular weight excluding hydrogens is 312 g/mol. The van der Waals surface area contributed by atoms with Crippen LogP contribution in [0.25, 0.3) is 0 Å². The van der Waals surface area contributed by atoms with E-state index >= 15 is 0 Å². The molecule has 3 nitrogen and oxygen atoms in total. The Bertz CT molecular complexity index is 399. The van der Waals surface area contributed by atoms with Gasteiger partial charge in [0.2, 0.25) is 5.91 Å². The number of rotatable bonds is 7. The molecule has 2 N–H and O–H groups in total. The van der Waals surface area contributed by atoms with E-state index in [0.717, 1.165) is 28.9 Å². The first-order valence-corrected chi connectivity index (χ1v) is 7.77. The third kappa shape index (κ3) is 5.42. The Morgan fingerprint density at radius 1 is 1.44 bits per heavy atom. The van der Waals surface area contributed by atoms with Crippen LogP contribution in [0.1, 0.15) is 18.9 Å². The van der Waals surface area contributed by atoms with Gasteiger partial charge in [0.05, 0.1) is 5.75 Å². The molecule has 0 atom stereocenters. The summed E-state index contributed by atoms with van der Waals surface area (Å²) in [5, 5.41) is 5.98. The summed E-state index contributed by atoms with van der Waals surface area (Å²) in [6.45, 7) is 4.07. The van der Waals surface area contributed by atoms with Crippen LogP contribution in [0.4, 0.5) is 0 Å². The number of hydrogen-bond donors (Lipinski definition) is 2. The second-order valence-corrected chi connectivity index (χ2v) is 5.77. The largest absolute Gasteiger partial charge is 0.358 e. The summed E-state index contributed by atoms with van der Waals surface area (Å²) in [4.78, 5) is 12.3. The molecule has 100 valence electrons. The Balaban J connectivity index is 2.53. The lowest BCUT2D eigenvalue weighted by Crippen LogP contribution is -2.19. The Morgan fingerprint density at radius 3 is 2.83 bits per heavy atom. The maximum Gasteiger partial charge on any atom is 0.230 e. The van der Waals surface area contributed by atoms with Crippen molar-refractivity contribution < 1.29 is 4.79 Å². The fraction of sp³-hybridized carbons (Fsp3) is 0.462. The third-order valence-corrected chi connectivity index (χ3v) is 4.38. The summed E-state index contributed by atoms with van der Waals surface area (Å²) in [7, 11) is 1.65. The minimum absolute atomic E-state index is 0.0422. The average Bonchev–Trinajstić information content (AvgIpc) is 2.37. The van der Waals surface area contributed by atoms with Crippen molar-refractivity contribution in [2.45, 2.75) is 24.8 Å². The van der Waals surface area contributed by atoms with Crippen LogP contribution in [0.2, 0.25) is 0 Å². The van der Waals surface area contributed by atoms with Crippen LogP contribution in [0.3, 0.4) is 0 Å². The molecule has 0 spiro atoms. The molecular formula is C13H19BrN2OS. The highest BCUT2D eigenvalue weighted by atomic mass is 79.9. The van der Waals surface area contributed by atoms with E-state index < -0.39 is 0 Å². The number of nitrogens with one attached hydrogen (secondary N) is 2. The Morgan fingerprint density at radius 2 is 2.22 bits per heavy atom. The average molecular weight is 331 g/mol. The lowest BCUT2D eigenvalue weighted by atomic mass is 10.2. The van der Waals surface area contributed by atoms with Gasteiger partial charge in [-0.2, -0.15) is 0 Å². The molecule has 0 saturated heterocycles. The summed E-state index contributed by atoms with van der Waals surface area (Å²) >= 11 is 5.09. The van der Waals surface area contributed by atoms with E-state index in [4.69, 9.17) is 0 Å². The molecule has 0 unspecified atom stereocenters. The highest BCUT2D eigenvalue weighted by Gasteiger charge is 2.05. The van der Waals surface area contributed by atoms with Gasteiger partial charge in [0.15, 0.2) is 0 Å². The van der Waals surface area contributed by atoms with Crippen molar-refractivity contribution in [3.63, 3.8) is 0 Å². The molecule has 1 aromatic rings. The molecule has 0 saturated carbocycles. The molecule has 0 bridgehead atoms. The smallest absolute Gasteiger partial charge is 0.230 e. The number of hydrogen-bond acceptors (Lipinski definition) is 3. The minimum Gasteiger partial charge on any atom is -0.358 e. The number of carbonyl (C=O) groups is 1. The van der Waals surface area contributed by atoms with Crippen LogP contribution in [-0.4, -0.2) is 25.3 Å². The Kier molecular flexibility index (Phi) is 7.39. The summed E-state index contributed by atoms with van der Waals surface area (Å²) < 4.78 is 1.05. The molecule has 18 heavy (non-hydrogen) atoms. The highest BCUT2D eigenvalue weighted by Crippen LogP contribution is 2.28. The van der Waals surface area contributed by atoms with Gasteiger partial charge < -0.3 is 10.6 Å². The van der Waals surface area contributed by atoms with Gasteiger partial charge in [-0.05, 0) is 46.6 Å². The molecule has 1 amide bonds. The van der Waals surface area contributed by atoms with E-state index in [9.17, 15) is 4.79 Å². The molecule has 5 heteroatoms. The minimum atomic E-state index is 0.0422. The van der Waals surface area contributed by atoms with Crippen molar-refractivity contribution in [3.8, 4) is 0 Å². The van der Waals surface area contributed by atoms with Gasteiger partial charge in [0.25, 0.3) is 0 Å². The van der Waals surface area contributed by atoms with Gasteiger partial charge in [-0.15, -0.1) is 11.8 Å². The summed E-state index contributed by atoms with van der Waals surface area (Å²) in [5.41, 5.74) is 1.25. The normalized spacial score (nSPS) is 10.4. The predicted molar refractivity (Wildman–Crippen MR) is 80.9 cm³/mol. The standard InChI is InChI=1S/C13H19BrN2OS/c1-3-6-16-8-10-4-5-12(11(14)7-10)18-9-13(17)15-2/h4-5,7,16H,3,6,8-9H2,1-2H3,(H,15,17). The predicted octanol–water partition coefficient (Wildman–Crippen LogP) is 2.79. The van der Waals surface area contributed by atoms with E-state index in [1.807, 2.05) is 0 Å². The van der Waals surface area contributed by atoms with Crippen molar-refractivity contribution in [3.05, 3.63) is 28.2 Å². The second kappa shape index (κ2) is 8.56. The SMILES string of the molecule is CCCNCc1ccc(SCC(=O)NC)c(Br)c1. The van der Waals surface area contributed by atoms with Gasteiger partial charge in [-0.25, -0.2) is 0 Å². The van der Waals surface area contributed by atoms with Crippen LogP contribution in [0.5, 0.6) is 0 Å². The Hall–Kier alpha value is -0.520. The summed E-state index contributed by atoms with van der Waals surface area (Å²) in [6.07, 6.45) is 1.14. The van der Waals surface area contributed by atoms with Gasteiger partial charge in [0, 0.05) is 23.0 Å². The van der Waals surface area contributed by atoms with E-state index in [1.54, 1.807) is 7.05 Å². The van der Waals surface area contributed by atoms with Crippen molar-refractivity contribution in [2.24, 2.45) is 0 Å². The number of carbonyl (C=O) groups excluding carboxylic acids is 1. The maximum absolute atomic E-state index is 11.2. The van der Waals surface area contributed by atoms with E-state index in [2.05, 4.69) is 51.7 Å². The van der Waals surface area contributed by atoms with Crippen molar-refractivity contribution in [2.75, 3.05) is 19.3 Å². The fourth-order valence-electron chi connectivity index (χ4n) is 1.40. The fourth-order valence-corrected chi connectivity index (χ4v) is 2.96. The summed E-state index contributed by atoms with van der Waals surface area (Å²) in [5.74, 6) is 0.489. The van der Waals surface area contributed by atoms with Crippen molar-refractivity contribution in [1.29, 1.82) is 0 Å². The molecule has 0 aliphatic heterocycles. The lowest BCUT2D eigenvalue weighted by molar-refractivity contribution is -0.118. The third-order valence-electron chi connectivity index (χ3n) is 2.39. The summed E-state index contributed by atoms with van der Waals surface area (Å²) in [6, 6.07) is 6.26. The molecule has 0 heterocycles. The molecule has 0 aromatic heterocycles. The molecule has 0 aliphatic rings. The van der Waals surface area contributed by atoms with Crippen LogP contribution in [0.15, 0.2) is 27.6 Å². The number of thioether (sulfide) groups is 1. The van der Waals surface area contributed by atoms with Crippen LogP contribution in [0, 0.1) is 0 Å². The van der Waals surface area contributed by atoms with Crippen molar-refractivity contribution >= 4 is 33.6 Å². The number of amides is 1. The van der Waals surface area contributed by atoms with Crippen LogP contribution >= 0.6 is 27.7 Å².